The zero-order valence-corrected chi connectivity index (χ0v) is 13.5. The monoisotopic (exact) mass is 331 g/mol. The average Bonchev–Trinajstić information content (AvgIpc) is 2.60. The molecule has 23 heavy (non-hydrogen) atoms. The molecule has 0 unspecified atom stereocenters. The molecule has 2 aromatic carbocycles. The predicted octanol–water partition coefficient (Wildman–Crippen LogP) is 2.25. The molecule has 5 nitrogen and oxygen atoms in total. The number of benzene rings is 2. The number of aldehydes is 1. The van der Waals surface area contributed by atoms with Gasteiger partial charge in [-0.3, -0.25) is 4.79 Å². The third-order valence-corrected chi connectivity index (χ3v) is 5.95. The van der Waals surface area contributed by atoms with Crippen molar-refractivity contribution in [3.8, 4) is 5.75 Å². The largest absolute Gasteiger partial charge is 0.496 e. The van der Waals surface area contributed by atoms with E-state index in [2.05, 4.69) is 0 Å². The highest BCUT2D eigenvalue weighted by molar-refractivity contribution is 7.89. The minimum absolute atomic E-state index is 0.261. The van der Waals surface area contributed by atoms with Crippen LogP contribution < -0.4 is 4.74 Å². The Morgan fingerprint density at radius 1 is 1.13 bits per heavy atom. The molecule has 120 valence electrons. The highest BCUT2D eigenvalue weighted by Gasteiger charge is 2.29. The maximum Gasteiger partial charge on any atom is 0.243 e. The molecule has 1 aliphatic heterocycles. The number of hydrogen-bond acceptors (Lipinski definition) is 4. The number of hydrogen-bond donors (Lipinski definition) is 0. The second-order valence-corrected chi connectivity index (χ2v) is 7.28. The maximum absolute atomic E-state index is 12.7. The topological polar surface area (TPSA) is 63.7 Å². The number of fused-ring (bicyclic) bond motifs is 1. The first kappa shape index (κ1) is 15.7. The fourth-order valence-corrected chi connectivity index (χ4v) is 4.33. The quantitative estimate of drug-likeness (QED) is 0.806. The van der Waals surface area contributed by atoms with Crippen LogP contribution in [0.25, 0.3) is 0 Å². The van der Waals surface area contributed by atoms with Crippen LogP contribution in [-0.2, 0) is 23.0 Å². The molecule has 0 bridgehead atoms. The lowest BCUT2D eigenvalue weighted by molar-refractivity contribution is 0.111. The van der Waals surface area contributed by atoms with E-state index in [0.29, 0.717) is 24.3 Å². The first-order chi connectivity index (χ1) is 11.1. The summed E-state index contributed by atoms with van der Waals surface area (Å²) in [4.78, 5) is 11.6. The molecule has 0 aliphatic carbocycles. The molecular formula is C17H17NO4S. The molecular weight excluding hydrogens is 314 g/mol. The summed E-state index contributed by atoms with van der Waals surface area (Å²) < 4.78 is 32.1. The average molecular weight is 331 g/mol. The minimum Gasteiger partial charge on any atom is -0.496 e. The van der Waals surface area contributed by atoms with Crippen molar-refractivity contribution in [3.63, 3.8) is 0 Å². The number of methoxy groups -OCH3 is 1. The van der Waals surface area contributed by atoms with Gasteiger partial charge in [-0.25, -0.2) is 8.42 Å². The molecule has 0 saturated carbocycles. The van der Waals surface area contributed by atoms with Crippen LogP contribution in [0, 0.1) is 0 Å². The lowest BCUT2D eigenvalue weighted by Crippen LogP contribution is -2.36. The van der Waals surface area contributed by atoms with Gasteiger partial charge in [0.15, 0.2) is 6.29 Å². The molecule has 0 fully saturated rings. The molecule has 1 aliphatic rings. The Morgan fingerprint density at radius 2 is 1.87 bits per heavy atom. The van der Waals surface area contributed by atoms with E-state index in [4.69, 9.17) is 4.74 Å². The summed E-state index contributed by atoms with van der Waals surface area (Å²) >= 11 is 0. The number of nitrogens with zero attached hydrogens (tertiary/aromatic N) is 1. The predicted molar refractivity (Wildman–Crippen MR) is 86.1 cm³/mol. The van der Waals surface area contributed by atoms with Crippen LogP contribution >= 0.6 is 0 Å². The van der Waals surface area contributed by atoms with Crippen LogP contribution in [0.3, 0.4) is 0 Å². The summed E-state index contributed by atoms with van der Waals surface area (Å²) in [6.45, 7) is 0.607. The first-order valence-electron chi connectivity index (χ1n) is 7.27. The van der Waals surface area contributed by atoms with Crippen molar-refractivity contribution >= 4 is 16.3 Å². The molecule has 6 heteroatoms. The Morgan fingerprint density at radius 3 is 2.52 bits per heavy atom. The van der Waals surface area contributed by atoms with Gasteiger partial charge in [-0.15, -0.1) is 0 Å². The molecule has 0 spiro atoms. The van der Waals surface area contributed by atoms with Crippen LogP contribution in [0.5, 0.6) is 5.75 Å². The molecule has 1 heterocycles. The minimum atomic E-state index is -3.53. The summed E-state index contributed by atoms with van der Waals surface area (Å²) in [6.07, 6.45) is 1.27. The van der Waals surface area contributed by atoms with Gasteiger partial charge in [0, 0.05) is 13.1 Å². The van der Waals surface area contributed by atoms with Crippen molar-refractivity contribution < 1.29 is 17.9 Å². The number of sulfonamides is 1. The third-order valence-electron chi connectivity index (χ3n) is 4.09. The van der Waals surface area contributed by atoms with Crippen LogP contribution in [0.15, 0.2) is 47.4 Å². The summed E-state index contributed by atoms with van der Waals surface area (Å²) in [5, 5.41) is 0. The van der Waals surface area contributed by atoms with Crippen molar-refractivity contribution in [2.24, 2.45) is 0 Å². The van der Waals surface area contributed by atoms with Gasteiger partial charge in [-0.05, 0) is 35.7 Å². The Balaban J connectivity index is 1.97. The fourth-order valence-electron chi connectivity index (χ4n) is 2.89. The van der Waals surface area contributed by atoms with Gasteiger partial charge < -0.3 is 4.74 Å². The number of carbonyl (C=O) groups is 1. The van der Waals surface area contributed by atoms with Crippen LogP contribution in [0.2, 0.25) is 0 Å². The van der Waals surface area contributed by atoms with Crippen LogP contribution in [-0.4, -0.2) is 32.7 Å². The molecule has 2 aromatic rings. The highest BCUT2D eigenvalue weighted by atomic mass is 32.2. The number of ether oxygens (including phenoxy) is 1. The molecule has 0 aromatic heterocycles. The summed E-state index contributed by atoms with van der Waals surface area (Å²) in [6, 6.07) is 11.9. The summed E-state index contributed by atoms with van der Waals surface area (Å²) in [7, 11) is -2.01. The van der Waals surface area contributed by atoms with E-state index in [0.717, 1.165) is 17.4 Å². The molecule has 0 saturated heterocycles. The van der Waals surface area contributed by atoms with Crippen molar-refractivity contribution in [2.45, 2.75) is 17.9 Å². The second kappa shape index (κ2) is 6.14. The van der Waals surface area contributed by atoms with E-state index in [-0.39, 0.29) is 11.4 Å². The van der Waals surface area contributed by atoms with E-state index < -0.39 is 10.0 Å². The normalized spacial score (nSPS) is 15.0. The Labute approximate surface area is 135 Å². The molecule has 0 atom stereocenters. The van der Waals surface area contributed by atoms with Gasteiger partial charge in [0.25, 0.3) is 0 Å². The first-order valence-corrected chi connectivity index (χ1v) is 8.71. The van der Waals surface area contributed by atoms with Crippen molar-refractivity contribution in [2.75, 3.05) is 13.7 Å². The Hall–Kier alpha value is -2.18. The van der Waals surface area contributed by atoms with Crippen LogP contribution in [0.1, 0.15) is 21.5 Å². The van der Waals surface area contributed by atoms with E-state index in [1.54, 1.807) is 36.4 Å². The Kier molecular flexibility index (Phi) is 4.19. The van der Waals surface area contributed by atoms with E-state index in [9.17, 15) is 13.2 Å². The van der Waals surface area contributed by atoms with Gasteiger partial charge in [0.2, 0.25) is 10.0 Å². The molecule has 3 rings (SSSR count). The fraction of sp³-hybridized carbons (Fsp3) is 0.235. The zero-order chi connectivity index (χ0) is 16.4. The third kappa shape index (κ3) is 2.75. The van der Waals surface area contributed by atoms with Crippen molar-refractivity contribution in [3.05, 3.63) is 59.2 Å². The van der Waals surface area contributed by atoms with Gasteiger partial charge in [0.1, 0.15) is 5.75 Å². The molecule has 0 N–H and O–H groups in total. The van der Waals surface area contributed by atoms with Crippen molar-refractivity contribution in [1.82, 2.24) is 4.31 Å². The number of rotatable bonds is 4. The van der Waals surface area contributed by atoms with Gasteiger partial charge in [-0.2, -0.15) is 4.31 Å². The molecule has 0 amide bonds. The van der Waals surface area contributed by atoms with E-state index in [1.165, 1.54) is 11.4 Å². The lowest BCUT2D eigenvalue weighted by atomic mass is 9.95. The van der Waals surface area contributed by atoms with Crippen LogP contribution in [0.4, 0.5) is 0 Å². The highest BCUT2D eigenvalue weighted by Crippen LogP contribution is 2.30. The summed E-state index contributed by atoms with van der Waals surface area (Å²) in [5.74, 6) is 0.526. The molecule has 0 radical (unpaired) electrons. The standard InChI is InChI=1S/C17H17NO4S/c1-22-17-8-7-13-11-18(10-9-15(13)16(17)12-19)23(20,21)14-5-3-2-4-6-14/h2-8,12H,9-11H2,1H3. The van der Waals surface area contributed by atoms with Gasteiger partial charge >= 0.3 is 0 Å². The Bertz CT molecular complexity index is 831. The SMILES string of the molecule is COc1ccc2c(c1C=O)CCN(S(=O)(=O)c1ccccc1)C2. The van der Waals surface area contributed by atoms with E-state index >= 15 is 0 Å². The van der Waals surface area contributed by atoms with E-state index in [1.807, 2.05) is 6.07 Å². The van der Waals surface area contributed by atoms with Gasteiger partial charge in [0.05, 0.1) is 17.6 Å². The summed E-state index contributed by atoms with van der Waals surface area (Å²) in [5.41, 5.74) is 2.24. The maximum atomic E-state index is 12.7. The smallest absolute Gasteiger partial charge is 0.243 e. The van der Waals surface area contributed by atoms with Crippen molar-refractivity contribution in [1.29, 1.82) is 0 Å². The lowest BCUT2D eigenvalue weighted by Gasteiger charge is -2.29. The number of carbonyl (C=O) groups excluding carboxylic acids is 1. The zero-order valence-electron chi connectivity index (χ0n) is 12.7. The van der Waals surface area contributed by atoms with Gasteiger partial charge in [-0.1, -0.05) is 24.3 Å². The second-order valence-electron chi connectivity index (χ2n) is 5.34.